The molecule has 0 unspecified atom stereocenters. The first-order valence-electron chi connectivity index (χ1n) is 9.31. The number of ether oxygens (including phenoxy) is 2. The third-order valence-electron chi connectivity index (χ3n) is 4.93. The van der Waals surface area contributed by atoms with Crippen LogP contribution in [0.5, 0.6) is 11.5 Å². The Labute approximate surface area is 181 Å². The number of hydrogen-bond acceptors (Lipinski definition) is 4. The van der Waals surface area contributed by atoms with Gasteiger partial charge in [0.1, 0.15) is 0 Å². The molecule has 3 rings (SSSR count). The summed E-state index contributed by atoms with van der Waals surface area (Å²) >= 11 is 4.82. The molecule has 0 spiro atoms. The van der Waals surface area contributed by atoms with E-state index in [-0.39, 0.29) is 13.3 Å². The molecule has 1 saturated heterocycles. The Morgan fingerprint density at radius 1 is 1.17 bits per heavy atom. The first-order chi connectivity index (χ1) is 13.6. The number of benzene rings is 2. The van der Waals surface area contributed by atoms with Crippen LogP contribution in [-0.4, -0.2) is 67.1 Å². The molecule has 0 atom stereocenters. The van der Waals surface area contributed by atoms with Gasteiger partial charge in [-0.3, -0.25) is 4.79 Å². The number of piperazine rings is 1. The van der Waals surface area contributed by atoms with Gasteiger partial charge in [-0.2, -0.15) is 0 Å². The Kier molecular flexibility index (Phi) is 8.87. The van der Waals surface area contributed by atoms with Crippen molar-refractivity contribution >= 4 is 10.9 Å². The topological polar surface area (TPSA) is 42.0 Å². The van der Waals surface area contributed by atoms with Gasteiger partial charge in [0, 0.05) is 20.0 Å². The summed E-state index contributed by atoms with van der Waals surface area (Å²) in [7, 11) is 1.65. The van der Waals surface area contributed by atoms with Gasteiger partial charge in [0.25, 0.3) is 0 Å². The van der Waals surface area contributed by atoms with Crippen LogP contribution in [0.2, 0.25) is 0 Å². The Morgan fingerprint density at radius 2 is 1.90 bits per heavy atom. The number of carbonyl (C=O) groups excluding carboxylic acids is 1. The molecule has 0 saturated carbocycles. The SMILES string of the molecule is COc1ccc(-c2[c-]cc(OCCN3CCN(C(C)=O)CC3)cc2)c([CH]=[Ni])c1.[CH3-]. The van der Waals surface area contributed by atoms with Gasteiger partial charge in [-0.15, -0.1) is 0 Å². The molecule has 0 bridgehead atoms. The molecule has 160 valence electrons. The predicted octanol–water partition coefficient (Wildman–Crippen LogP) is 2.85. The molecule has 1 heterocycles. The quantitative estimate of drug-likeness (QED) is 0.492. The van der Waals surface area contributed by atoms with Crippen LogP contribution < -0.4 is 9.47 Å². The number of carbonyl (C=O) groups is 1. The van der Waals surface area contributed by atoms with Crippen molar-refractivity contribution < 1.29 is 29.3 Å². The summed E-state index contributed by atoms with van der Waals surface area (Å²) < 4.78 is 11.1. The molecule has 5 nitrogen and oxygen atoms in total. The third-order valence-corrected chi connectivity index (χ3v) is 5.23. The fourth-order valence-electron chi connectivity index (χ4n) is 3.24. The van der Waals surface area contributed by atoms with E-state index in [0.717, 1.165) is 60.9 Å². The Morgan fingerprint density at radius 3 is 2.48 bits per heavy atom. The van der Waals surface area contributed by atoms with Crippen LogP contribution in [0.15, 0.2) is 36.4 Å². The maximum atomic E-state index is 11.4. The number of amides is 1. The molecule has 1 aliphatic heterocycles. The van der Waals surface area contributed by atoms with Crippen LogP contribution in [0.1, 0.15) is 12.5 Å². The van der Waals surface area contributed by atoms with Crippen LogP contribution in [0.3, 0.4) is 0 Å². The van der Waals surface area contributed by atoms with Crippen molar-refractivity contribution in [3.63, 3.8) is 0 Å². The molecule has 1 aliphatic rings. The Hall–Kier alpha value is -2.17. The summed E-state index contributed by atoms with van der Waals surface area (Å²) in [6, 6.07) is 15.0. The number of methoxy groups -OCH3 is 1. The van der Waals surface area contributed by atoms with E-state index in [4.69, 9.17) is 24.5 Å². The zero-order valence-corrected chi connectivity index (χ0v) is 18.2. The van der Waals surface area contributed by atoms with E-state index in [9.17, 15) is 4.79 Å². The van der Waals surface area contributed by atoms with Gasteiger partial charge in [-0.05, 0) is 0 Å². The minimum Gasteiger partial charge on any atom is -0.358 e. The van der Waals surface area contributed by atoms with Gasteiger partial charge >= 0.3 is 138 Å². The second kappa shape index (κ2) is 11.1. The van der Waals surface area contributed by atoms with Gasteiger partial charge in [0.05, 0.1) is 0 Å². The normalized spacial score (nSPS) is 14.1. The number of hydrogen-bond donors (Lipinski definition) is 0. The average Bonchev–Trinajstić information content (AvgIpc) is 2.74. The van der Waals surface area contributed by atoms with Crippen molar-refractivity contribution in [1.82, 2.24) is 9.80 Å². The van der Waals surface area contributed by atoms with Gasteiger partial charge in [-0.1, -0.05) is 0 Å². The molecule has 1 fully saturated rings. The minimum absolute atomic E-state index is 0. The molecule has 2 aromatic carbocycles. The molecular weight excluding hydrogens is 411 g/mol. The monoisotopic (exact) mass is 438 g/mol. The Bertz CT molecular complexity index is 815. The van der Waals surface area contributed by atoms with Gasteiger partial charge in [0.2, 0.25) is 5.91 Å². The van der Waals surface area contributed by atoms with Crippen LogP contribution in [0.25, 0.3) is 11.1 Å². The van der Waals surface area contributed by atoms with Gasteiger partial charge < -0.3 is 12.3 Å². The van der Waals surface area contributed by atoms with E-state index >= 15 is 0 Å². The van der Waals surface area contributed by atoms with Crippen molar-refractivity contribution in [2.75, 3.05) is 46.4 Å². The summed E-state index contributed by atoms with van der Waals surface area (Å²) in [6.45, 7) is 6.47. The zero-order chi connectivity index (χ0) is 19.9. The smallest absolute Gasteiger partial charge is 0.358 e. The Balaban J connectivity index is 0.00000300. The molecule has 1 amide bonds. The van der Waals surface area contributed by atoms with Crippen molar-refractivity contribution in [2.24, 2.45) is 0 Å². The van der Waals surface area contributed by atoms with E-state index in [1.165, 1.54) is 0 Å². The fraction of sp³-hybridized carbons (Fsp3) is 0.348. The van der Waals surface area contributed by atoms with Crippen LogP contribution in [0, 0.1) is 13.5 Å². The molecule has 0 N–H and O–H groups in total. The number of nitrogens with zero attached hydrogens (tertiary/aromatic N) is 2. The van der Waals surface area contributed by atoms with Crippen molar-refractivity contribution in [1.29, 1.82) is 0 Å². The molecule has 0 aromatic heterocycles. The van der Waals surface area contributed by atoms with Crippen LogP contribution in [0.4, 0.5) is 0 Å². The van der Waals surface area contributed by atoms with E-state index < -0.39 is 0 Å². The molecule has 29 heavy (non-hydrogen) atoms. The zero-order valence-electron chi connectivity index (χ0n) is 17.2. The van der Waals surface area contributed by atoms with Crippen LogP contribution in [-0.2, 0) is 19.8 Å². The van der Waals surface area contributed by atoms with Gasteiger partial charge in [0.15, 0.2) is 0 Å². The summed E-state index contributed by atoms with van der Waals surface area (Å²) in [5.41, 5.74) is 2.95. The molecule has 0 aliphatic carbocycles. The second-order valence-electron chi connectivity index (χ2n) is 6.68. The van der Waals surface area contributed by atoms with E-state index in [0.29, 0.717) is 6.61 Å². The van der Waals surface area contributed by atoms with E-state index in [1.807, 2.05) is 41.3 Å². The van der Waals surface area contributed by atoms with Gasteiger partial charge in [-0.25, -0.2) is 0 Å². The summed E-state index contributed by atoms with van der Waals surface area (Å²) in [6.07, 6.45) is 0. The van der Waals surface area contributed by atoms with Crippen molar-refractivity contribution in [3.05, 3.63) is 55.5 Å². The standard InChI is InChI=1S/C22H25N2O3.CH3.Ni/c1-17-16-21(26-3)8-9-22(17)19-4-6-20(7-5-19)27-15-14-23-10-12-24(13-11-23)18(2)25;;/h1,4,6-9,16H,10-15H2,2-3H3;1H3;/q2*-1;. The first-order valence-corrected chi connectivity index (χ1v) is 9.88. The largest absolute Gasteiger partial charge is 0.358 e. The predicted molar refractivity (Wildman–Crippen MR) is 113 cm³/mol. The summed E-state index contributed by atoms with van der Waals surface area (Å²) in [5.74, 6) is 1.74. The molecular formula is C23H28N2NiO3-2. The molecule has 0 radical (unpaired) electrons. The second-order valence-corrected chi connectivity index (χ2v) is 6.96. The maximum absolute atomic E-state index is 11.4. The fourth-order valence-corrected chi connectivity index (χ4v) is 3.47. The first kappa shape index (κ1) is 23.1. The van der Waals surface area contributed by atoms with Crippen molar-refractivity contribution in [2.45, 2.75) is 6.92 Å². The summed E-state index contributed by atoms with van der Waals surface area (Å²) in [5, 5.41) is 0. The average molecular weight is 439 g/mol. The van der Waals surface area contributed by atoms with Crippen LogP contribution >= 0.6 is 0 Å². The molecule has 6 heteroatoms. The third kappa shape index (κ3) is 6.15. The van der Waals surface area contributed by atoms with E-state index in [2.05, 4.69) is 11.0 Å². The number of rotatable bonds is 7. The molecule has 2 aromatic rings. The maximum Gasteiger partial charge on any atom is -0.358 e. The summed E-state index contributed by atoms with van der Waals surface area (Å²) in [4.78, 5) is 17.3. The van der Waals surface area contributed by atoms with Crippen molar-refractivity contribution in [3.8, 4) is 22.6 Å². The minimum atomic E-state index is 0. The van der Waals surface area contributed by atoms with E-state index in [1.54, 1.807) is 19.0 Å².